The fourth-order valence-electron chi connectivity index (χ4n) is 4.52. The molecule has 1 aliphatic heterocycles. The molecule has 1 aliphatic rings. The van der Waals surface area contributed by atoms with Gasteiger partial charge in [0.2, 0.25) is 0 Å². The van der Waals surface area contributed by atoms with Crippen molar-refractivity contribution >= 4 is 6.08 Å². The molecule has 1 N–H and O–H groups in total. The van der Waals surface area contributed by atoms with E-state index in [1.165, 1.54) is 11.1 Å². The molecule has 6 heteroatoms. The van der Waals surface area contributed by atoms with Crippen LogP contribution < -0.4 is 18.9 Å². The lowest BCUT2D eigenvalue weighted by atomic mass is 9.87. The van der Waals surface area contributed by atoms with Crippen LogP contribution in [0, 0.1) is 0 Å². The number of hydrogen-bond acceptors (Lipinski definition) is 6. The molecular weight excluding hydrogens is 430 g/mol. The van der Waals surface area contributed by atoms with Gasteiger partial charge in [0, 0.05) is 13.1 Å². The monoisotopic (exact) mass is 461 g/mol. The van der Waals surface area contributed by atoms with Crippen molar-refractivity contribution in [3.63, 3.8) is 0 Å². The highest BCUT2D eigenvalue weighted by atomic mass is 16.5. The van der Waals surface area contributed by atoms with Gasteiger partial charge in [0.1, 0.15) is 5.75 Å². The highest BCUT2D eigenvalue weighted by molar-refractivity contribution is 5.54. The van der Waals surface area contributed by atoms with E-state index in [1.54, 1.807) is 40.6 Å². The Labute approximate surface area is 201 Å². The minimum Gasteiger partial charge on any atom is -0.508 e. The molecule has 34 heavy (non-hydrogen) atoms. The van der Waals surface area contributed by atoms with Gasteiger partial charge in [-0.1, -0.05) is 30.4 Å². The largest absolute Gasteiger partial charge is 0.508 e. The van der Waals surface area contributed by atoms with Gasteiger partial charge < -0.3 is 24.1 Å². The summed E-state index contributed by atoms with van der Waals surface area (Å²) in [6.45, 7) is 1.65. The zero-order chi connectivity index (χ0) is 24.1. The molecule has 0 saturated heterocycles. The number of aromatic hydroxyl groups is 1. The number of benzene rings is 3. The maximum Gasteiger partial charge on any atom is 0.161 e. The lowest BCUT2D eigenvalue weighted by Gasteiger charge is -2.37. The second kappa shape index (κ2) is 10.5. The Kier molecular flexibility index (Phi) is 7.28. The number of hydrogen-bond donors (Lipinski definition) is 1. The molecule has 0 spiro atoms. The first-order valence-corrected chi connectivity index (χ1v) is 11.2. The molecule has 0 fully saturated rings. The maximum atomic E-state index is 9.53. The molecule has 3 aromatic carbocycles. The minimum absolute atomic E-state index is 0.00725. The first-order chi connectivity index (χ1) is 16.6. The standard InChI is InChI=1S/C28H31NO5/c1-31-24-12-9-21(17-25(24)32-2)28-23-18-27(34-4)26(33-3)16-20(23)13-15-29(28)14-5-6-19-7-10-22(30)11-8-19/h5-12,16-18,28,30H,13-15H2,1-4H3/b6-5+. The van der Waals surface area contributed by atoms with Crippen molar-refractivity contribution in [3.05, 3.63) is 82.9 Å². The first kappa shape index (κ1) is 23.5. The molecule has 0 aromatic heterocycles. The molecule has 3 aromatic rings. The van der Waals surface area contributed by atoms with Gasteiger partial charge in [0.05, 0.1) is 34.5 Å². The van der Waals surface area contributed by atoms with Crippen molar-refractivity contribution in [2.24, 2.45) is 0 Å². The summed E-state index contributed by atoms with van der Waals surface area (Å²) in [4.78, 5) is 2.44. The fourth-order valence-corrected chi connectivity index (χ4v) is 4.52. The molecule has 1 atom stereocenters. The summed E-state index contributed by atoms with van der Waals surface area (Å²) in [7, 11) is 6.63. The average molecular weight is 462 g/mol. The van der Waals surface area contributed by atoms with E-state index in [2.05, 4.69) is 35.3 Å². The summed E-state index contributed by atoms with van der Waals surface area (Å²) < 4.78 is 22.2. The van der Waals surface area contributed by atoms with Gasteiger partial charge in [-0.15, -0.1) is 0 Å². The van der Waals surface area contributed by atoms with Crippen LogP contribution in [0.5, 0.6) is 28.7 Å². The topological polar surface area (TPSA) is 60.4 Å². The van der Waals surface area contributed by atoms with E-state index in [0.29, 0.717) is 17.2 Å². The van der Waals surface area contributed by atoms with E-state index in [0.717, 1.165) is 36.4 Å². The molecule has 4 rings (SSSR count). The van der Waals surface area contributed by atoms with Gasteiger partial charge in [0.15, 0.2) is 23.0 Å². The minimum atomic E-state index is 0.00725. The lowest BCUT2D eigenvalue weighted by Crippen LogP contribution is -2.36. The second-order valence-corrected chi connectivity index (χ2v) is 8.16. The van der Waals surface area contributed by atoms with Crippen LogP contribution in [0.15, 0.2) is 60.7 Å². The van der Waals surface area contributed by atoms with Gasteiger partial charge in [-0.2, -0.15) is 0 Å². The Morgan fingerprint density at radius 1 is 0.824 bits per heavy atom. The van der Waals surface area contributed by atoms with E-state index in [9.17, 15) is 5.11 Å². The first-order valence-electron chi connectivity index (χ1n) is 11.2. The van der Waals surface area contributed by atoms with Crippen molar-refractivity contribution in [3.8, 4) is 28.7 Å². The van der Waals surface area contributed by atoms with Crippen LogP contribution in [0.25, 0.3) is 6.08 Å². The number of rotatable bonds is 8. The highest BCUT2D eigenvalue weighted by Gasteiger charge is 2.30. The number of phenolic OH excluding ortho intramolecular Hbond substituents is 1. The SMILES string of the molecule is COc1ccc(C2c3cc(OC)c(OC)cc3CCN2C/C=C/c2ccc(O)cc2)cc1OC. The van der Waals surface area contributed by atoms with E-state index in [-0.39, 0.29) is 11.8 Å². The molecule has 178 valence electrons. The number of nitrogens with zero attached hydrogens (tertiary/aromatic N) is 1. The number of ether oxygens (including phenoxy) is 4. The van der Waals surface area contributed by atoms with Gasteiger partial charge in [-0.25, -0.2) is 0 Å². The normalized spacial score (nSPS) is 15.7. The summed E-state index contributed by atoms with van der Waals surface area (Å²) in [6, 6.07) is 17.5. The zero-order valence-corrected chi connectivity index (χ0v) is 20.1. The molecule has 1 heterocycles. The van der Waals surface area contributed by atoms with Crippen LogP contribution in [0.3, 0.4) is 0 Å². The third kappa shape index (κ3) is 4.82. The van der Waals surface area contributed by atoms with E-state index < -0.39 is 0 Å². The van der Waals surface area contributed by atoms with E-state index in [4.69, 9.17) is 18.9 Å². The van der Waals surface area contributed by atoms with Gasteiger partial charge in [-0.05, 0) is 65.1 Å². The zero-order valence-electron chi connectivity index (χ0n) is 20.1. The fraction of sp³-hybridized carbons (Fsp3) is 0.286. The van der Waals surface area contributed by atoms with Crippen LogP contribution in [0.2, 0.25) is 0 Å². The summed E-state index contributed by atoms with van der Waals surface area (Å²) >= 11 is 0. The predicted octanol–water partition coefficient (Wildman–Crippen LogP) is 5.09. The Hall–Kier alpha value is -3.64. The smallest absolute Gasteiger partial charge is 0.161 e. The van der Waals surface area contributed by atoms with Crippen molar-refractivity contribution in [2.45, 2.75) is 12.5 Å². The third-order valence-corrected chi connectivity index (χ3v) is 6.24. The van der Waals surface area contributed by atoms with Gasteiger partial charge in [0.25, 0.3) is 0 Å². The van der Waals surface area contributed by atoms with Crippen LogP contribution in [-0.2, 0) is 6.42 Å². The summed E-state index contributed by atoms with van der Waals surface area (Å²) in [5.74, 6) is 3.13. The Balaban J connectivity index is 1.73. The van der Waals surface area contributed by atoms with Gasteiger partial charge >= 0.3 is 0 Å². The van der Waals surface area contributed by atoms with Crippen molar-refractivity contribution in [2.75, 3.05) is 41.5 Å². The second-order valence-electron chi connectivity index (χ2n) is 8.16. The molecule has 0 bridgehead atoms. The number of methoxy groups -OCH3 is 4. The van der Waals surface area contributed by atoms with Crippen molar-refractivity contribution in [1.29, 1.82) is 0 Å². The molecule has 0 radical (unpaired) electrons. The Morgan fingerprint density at radius 3 is 2.15 bits per heavy atom. The van der Waals surface area contributed by atoms with Crippen molar-refractivity contribution < 1.29 is 24.1 Å². The highest BCUT2D eigenvalue weighted by Crippen LogP contribution is 2.42. The Bertz CT molecular complexity index is 1160. The molecule has 0 amide bonds. The summed E-state index contributed by atoms with van der Waals surface area (Å²) in [6.07, 6.45) is 5.15. The quantitative estimate of drug-likeness (QED) is 0.504. The Morgan fingerprint density at radius 2 is 1.47 bits per heavy atom. The molecule has 6 nitrogen and oxygen atoms in total. The number of phenols is 1. The van der Waals surface area contributed by atoms with E-state index in [1.807, 2.05) is 24.3 Å². The third-order valence-electron chi connectivity index (χ3n) is 6.24. The van der Waals surface area contributed by atoms with Crippen molar-refractivity contribution in [1.82, 2.24) is 4.90 Å². The van der Waals surface area contributed by atoms with Crippen LogP contribution in [-0.4, -0.2) is 51.5 Å². The van der Waals surface area contributed by atoms with Crippen LogP contribution in [0.1, 0.15) is 28.3 Å². The van der Waals surface area contributed by atoms with E-state index >= 15 is 0 Å². The van der Waals surface area contributed by atoms with Crippen LogP contribution in [0.4, 0.5) is 0 Å². The predicted molar refractivity (Wildman–Crippen MR) is 133 cm³/mol. The summed E-state index contributed by atoms with van der Waals surface area (Å²) in [5.41, 5.74) is 4.60. The average Bonchev–Trinajstić information content (AvgIpc) is 2.88. The molecule has 0 aliphatic carbocycles. The molecule has 1 unspecified atom stereocenters. The van der Waals surface area contributed by atoms with Crippen LogP contribution >= 0.6 is 0 Å². The summed E-state index contributed by atoms with van der Waals surface area (Å²) in [5, 5.41) is 9.53. The molecular formula is C28H31NO5. The maximum absolute atomic E-state index is 9.53. The lowest BCUT2D eigenvalue weighted by molar-refractivity contribution is 0.235. The van der Waals surface area contributed by atoms with Gasteiger partial charge in [-0.3, -0.25) is 4.90 Å². The number of fused-ring (bicyclic) bond motifs is 1. The molecule has 0 saturated carbocycles.